The number of hydrogen-bond acceptors (Lipinski definition) is 3. The van der Waals surface area contributed by atoms with Crippen molar-refractivity contribution in [3.05, 3.63) is 29.8 Å². The number of hydrazine groups is 1. The van der Waals surface area contributed by atoms with E-state index >= 15 is 0 Å². The van der Waals surface area contributed by atoms with Crippen molar-refractivity contribution in [2.24, 2.45) is 0 Å². The molecule has 0 aliphatic heterocycles. The van der Waals surface area contributed by atoms with Gasteiger partial charge in [-0.2, -0.15) is 0 Å². The molecule has 1 rings (SSSR count). The van der Waals surface area contributed by atoms with Crippen molar-refractivity contribution in [2.75, 3.05) is 5.88 Å². The number of amides is 2. The van der Waals surface area contributed by atoms with Gasteiger partial charge in [-0.25, -0.2) is 0 Å². The van der Waals surface area contributed by atoms with Crippen LogP contribution in [0.2, 0.25) is 0 Å². The predicted octanol–water partition coefficient (Wildman–Crippen LogP) is 0.392. The van der Waals surface area contributed by atoms with Gasteiger partial charge in [0.15, 0.2) is 0 Å². The van der Waals surface area contributed by atoms with Crippen molar-refractivity contribution >= 4 is 23.4 Å². The van der Waals surface area contributed by atoms with Crippen molar-refractivity contribution < 1.29 is 14.7 Å². The lowest BCUT2D eigenvalue weighted by Crippen LogP contribution is -2.42. The van der Waals surface area contributed by atoms with E-state index in [1.165, 1.54) is 24.3 Å². The Kier molecular flexibility index (Phi) is 3.93. The van der Waals surface area contributed by atoms with E-state index in [4.69, 9.17) is 16.7 Å². The van der Waals surface area contributed by atoms with Crippen LogP contribution in [0.15, 0.2) is 24.3 Å². The first-order valence-corrected chi connectivity index (χ1v) is 4.61. The highest BCUT2D eigenvalue weighted by atomic mass is 35.5. The molecular formula is C9H9ClN2O3. The topological polar surface area (TPSA) is 78.4 Å². The van der Waals surface area contributed by atoms with Gasteiger partial charge in [-0.05, 0) is 18.2 Å². The van der Waals surface area contributed by atoms with E-state index < -0.39 is 11.8 Å². The van der Waals surface area contributed by atoms with Crippen LogP contribution in [0.5, 0.6) is 5.75 Å². The molecule has 0 unspecified atom stereocenters. The zero-order chi connectivity index (χ0) is 11.3. The summed E-state index contributed by atoms with van der Waals surface area (Å²) in [6.07, 6.45) is 0. The predicted molar refractivity (Wildman–Crippen MR) is 54.4 cm³/mol. The molecule has 2 amide bonds. The summed E-state index contributed by atoms with van der Waals surface area (Å²) in [7, 11) is 0. The molecule has 0 heterocycles. The Labute approximate surface area is 91.0 Å². The van der Waals surface area contributed by atoms with Crippen molar-refractivity contribution in [2.45, 2.75) is 0 Å². The molecule has 5 nitrogen and oxygen atoms in total. The molecule has 15 heavy (non-hydrogen) atoms. The number of aromatic hydroxyl groups is 1. The second-order valence-electron chi connectivity index (χ2n) is 2.69. The standard InChI is InChI=1S/C9H9ClN2O3/c10-5-8(14)11-12-9(15)6-2-1-3-7(13)4-6/h1-4,13H,5H2,(H,11,14)(H,12,15). The fraction of sp³-hybridized carbons (Fsp3) is 0.111. The third kappa shape index (κ3) is 3.47. The van der Waals surface area contributed by atoms with Crippen molar-refractivity contribution in [3.8, 4) is 5.75 Å². The number of nitrogens with one attached hydrogen (secondary N) is 2. The SMILES string of the molecule is O=C(CCl)NNC(=O)c1cccc(O)c1. The minimum absolute atomic E-state index is 0.0219. The van der Waals surface area contributed by atoms with Crippen molar-refractivity contribution in [1.82, 2.24) is 10.9 Å². The van der Waals surface area contributed by atoms with Gasteiger partial charge in [0.2, 0.25) is 0 Å². The maximum absolute atomic E-state index is 11.3. The summed E-state index contributed by atoms with van der Waals surface area (Å²) in [6, 6.07) is 5.74. The summed E-state index contributed by atoms with van der Waals surface area (Å²) in [4.78, 5) is 22.0. The van der Waals surface area contributed by atoms with E-state index in [-0.39, 0.29) is 17.2 Å². The summed E-state index contributed by atoms with van der Waals surface area (Å²) in [5, 5.41) is 9.10. The highest BCUT2D eigenvalue weighted by Crippen LogP contribution is 2.10. The van der Waals surface area contributed by atoms with Crippen LogP contribution < -0.4 is 10.9 Å². The highest BCUT2D eigenvalue weighted by Gasteiger charge is 2.06. The van der Waals surface area contributed by atoms with Gasteiger partial charge in [-0.15, -0.1) is 11.6 Å². The van der Waals surface area contributed by atoms with E-state index in [0.717, 1.165) is 0 Å². The Morgan fingerprint density at radius 1 is 1.33 bits per heavy atom. The molecule has 0 saturated carbocycles. The van der Waals surface area contributed by atoms with Crippen molar-refractivity contribution in [1.29, 1.82) is 0 Å². The number of alkyl halides is 1. The fourth-order valence-corrected chi connectivity index (χ4v) is 0.946. The van der Waals surface area contributed by atoms with Crippen LogP contribution in [0.4, 0.5) is 0 Å². The number of halogens is 1. The highest BCUT2D eigenvalue weighted by molar-refractivity contribution is 6.27. The average Bonchev–Trinajstić information content (AvgIpc) is 2.25. The molecule has 0 fully saturated rings. The third-order valence-electron chi connectivity index (χ3n) is 1.55. The molecule has 0 radical (unpaired) electrons. The Bertz CT molecular complexity index is 381. The molecule has 3 N–H and O–H groups in total. The van der Waals surface area contributed by atoms with E-state index in [0.29, 0.717) is 0 Å². The van der Waals surface area contributed by atoms with E-state index in [1.807, 2.05) is 0 Å². The van der Waals surface area contributed by atoms with Crippen LogP contribution in [0, 0.1) is 0 Å². The quantitative estimate of drug-likeness (QED) is 0.506. The Hall–Kier alpha value is -1.75. The normalized spacial score (nSPS) is 9.40. The van der Waals surface area contributed by atoms with Gasteiger partial charge in [0.1, 0.15) is 11.6 Å². The molecule has 0 spiro atoms. The monoisotopic (exact) mass is 228 g/mol. The van der Waals surface area contributed by atoms with Gasteiger partial charge in [0, 0.05) is 5.56 Å². The van der Waals surface area contributed by atoms with E-state index in [9.17, 15) is 9.59 Å². The summed E-state index contributed by atoms with van der Waals surface area (Å²) in [6.45, 7) is 0. The molecule has 1 aromatic rings. The lowest BCUT2D eigenvalue weighted by Gasteiger charge is -2.05. The lowest BCUT2D eigenvalue weighted by molar-refractivity contribution is -0.119. The average molecular weight is 229 g/mol. The minimum Gasteiger partial charge on any atom is -0.508 e. The van der Waals surface area contributed by atoms with Crippen LogP contribution in [0.25, 0.3) is 0 Å². The van der Waals surface area contributed by atoms with Crippen LogP contribution in [-0.4, -0.2) is 22.8 Å². The zero-order valence-corrected chi connectivity index (χ0v) is 8.41. The first kappa shape index (κ1) is 11.3. The van der Waals surface area contributed by atoms with Gasteiger partial charge in [-0.3, -0.25) is 20.4 Å². The summed E-state index contributed by atoms with van der Waals surface area (Å²) in [5.41, 5.74) is 4.48. The van der Waals surface area contributed by atoms with Gasteiger partial charge in [0.05, 0.1) is 0 Å². The number of benzene rings is 1. The van der Waals surface area contributed by atoms with Gasteiger partial charge in [0.25, 0.3) is 11.8 Å². The molecule has 0 aliphatic carbocycles. The number of carbonyl (C=O) groups excluding carboxylic acids is 2. The summed E-state index contributed by atoms with van der Waals surface area (Å²) in [5.74, 6) is -1.29. The largest absolute Gasteiger partial charge is 0.508 e. The fourth-order valence-electron chi connectivity index (χ4n) is 0.879. The van der Waals surface area contributed by atoms with Crippen LogP contribution in [-0.2, 0) is 4.79 Å². The second-order valence-corrected chi connectivity index (χ2v) is 2.95. The number of rotatable bonds is 2. The molecule has 1 aromatic carbocycles. The number of hydrogen-bond donors (Lipinski definition) is 3. The van der Waals surface area contributed by atoms with E-state index in [1.54, 1.807) is 0 Å². The maximum atomic E-state index is 11.3. The maximum Gasteiger partial charge on any atom is 0.269 e. The van der Waals surface area contributed by atoms with Crippen LogP contribution in [0.3, 0.4) is 0 Å². The second kappa shape index (κ2) is 5.21. The molecule has 80 valence electrons. The Balaban J connectivity index is 2.58. The van der Waals surface area contributed by atoms with Crippen LogP contribution in [0.1, 0.15) is 10.4 Å². The number of phenolic OH excluding ortho intramolecular Hbond substituents is 1. The smallest absolute Gasteiger partial charge is 0.269 e. The molecule has 0 bridgehead atoms. The minimum atomic E-state index is -0.524. The number of phenols is 1. The summed E-state index contributed by atoms with van der Waals surface area (Å²) < 4.78 is 0. The van der Waals surface area contributed by atoms with Gasteiger partial charge < -0.3 is 5.11 Å². The summed E-state index contributed by atoms with van der Waals surface area (Å²) >= 11 is 5.20. The lowest BCUT2D eigenvalue weighted by atomic mass is 10.2. The molecular weight excluding hydrogens is 220 g/mol. The molecule has 0 saturated heterocycles. The molecule has 0 aliphatic rings. The van der Waals surface area contributed by atoms with Crippen molar-refractivity contribution in [3.63, 3.8) is 0 Å². The van der Waals surface area contributed by atoms with Gasteiger partial charge >= 0.3 is 0 Å². The molecule has 0 atom stereocenters. The molecule has 0 aromatic heterocycles. The first-order chi connectivity index (χ1) is 7.13. The Morgan fingerprint density at radius 3 is 2.67 bits per heavy atom. The van der Waals surface area contributed by atoms with Crippen LogP contribution >= 0.6 is 11.6 Å². The third-order valence-corrected chi connectivity index (χ3v) is 1.79. The zero-order valence-electron chi connectivity index (χ0n) is 7.66. The van der Waals surface area contributed by atoms with E-state index in [2.05, 4.69) is 10.9 Å². The van der Waals surface area contributed by atoms with Gasteiger partial charge in [-0.1, -0.05) is 6.07 Å². The molecule has 6 heteroatoms. The number of carbonyl (C=O) groups is 2. The first-order valence-electron chi connectivity index (χ1n) is 4.07. The Morgan fingerprint density at radius 2 is 2.07 bits per heavy atom.